The van der Waals surface area contributed by atoms with E-state index in [0.717, 1.165) is 38.9 Å². The molecule has 0 amide bonds. The Bertz CT molecular complexity index is 2390. The molecule has 8 nitrogen and oxygen atoms in total. The third-order valence-electron chi connectivity index (χ3n) is 7.77. The molecule has 0 fully saturated rings. The zero-order chi connectivity index (χ0) is 37.7. The van der Waals surface area contributed by atoms with Gasteiger partial charge in [-0.15, -0.1) is 0 Å². The van der Waals surface area contributed by atoms with Gasteiger partial charge in [0.05, 0.1) is 0 Å². The number of hydrogen-bond donors (Lipinski definition) is 2. The van der Waals surface area contributed by atoms with Crippen LogP contribution in [0.3, 0.4) is 0 Å². The predicted octanol–water partition coefficient (Wildman–Crippen LogP) is 9.40. The van der Waals surface area contributed by atoms with Crippen LogP contribution >= 0.6 is 34.8 Å². The van der Waals surface area contributed by atoms with E-state index in [1.807, 2.05) is 133 Å². The van der Waals surface area contributed by atoms with E-state index in [2.05, 4.69) is 54.2 Å². The van der Waals surface area contributed by atoms with Crippen molar-refractivity contribution in [2.24, 2.45) is 0 Å². The average molecular weight is 768 g/mol. The molecule has 0 aliphatic heterocycles. The topological polar surface area (TPSA) is 118 Å². The maximum atomic E-state index is 9.05. The van der Waals surface area contributed by atoms with Crippen LogP contribution in [-0.4, -0.2) is 47.1 Å². The molecule has 0 aliphatic rings. The summed E-state index contributed by atoms with van der Waals surface area (Å²) in [5.74, 6) is 1.62. The highest BCUT2D eigenvalue weighted by Gasteiger charge is 2.12. The summed E-state index contributed by atoms with van der Waals surface area (Å²) in [6, 6.07) is 54.6. The molecule has 2 aromatic heterocycles. The number of nitrogens with zero attached hydrogens (tertiary/aromatic N) is 6. The number of hydrogen-bond acceptors (Lipinski definition) is 8. The van der Waals surface area contributed by atoms with Crippen LogP contribution in [0.4, 0.5) is 0 Å². The van der Waals surface area contributed by atoms with E-state index in [-0.39, 0.29) is 15.9 Å². The normalized spacial score (nSPS) is 10.3. The zero-order valence-electron chi connectivity index (χ0n) is 28.5. The Balaban J connectivity index is 0.000000148. The van der Waals surface area contributed by atoms with Crippen molar-refractivity contribution in [3.8, 4) is 56.4 Å². The lowest BCUT2D eigenvalue weighted by atomic mass is 9.79. The van der Waals surface area contributed by atoms with Gasteiger partial charge in [0.15, 0.2) is 17.5 Å². The molecular weight excluding hydrogens is 738 g/mol. The standard InChI is InChI=1S/C21H14ClN3.C12H11BO2.C9H5Cl2N3/c22-21-24-19(16-10-5-2-6-11-16)23-20(25-21)18-13-7-12-17(14-18)15-8-3-1-4-9-15;14-13(15)12-8-4-7-11(9-12)10-5-2-1-3-6-10;10-8-12-7(13-9(11)14-8)6-4-2-1-3-5-6/h1-14H;1-9,14-15H;1-5H. The third kappa shape index (κ3) is 10.6. The molecule has 2 N–H and O–H groups in total. The van der Waals surface area contributed by atoms with E-state index >= 15 is 0 Å². The molecule has 0 unspecified atom stereocenters. The number of rotatable bonds is 6. The predicted molar refractivity (Wildman–Crippen MR) is 218 cm³/mol. The van der Waals surface area contributed by atoms with Gasteiger partial charge in [-0.05, 0) is 68.6 Å². The smallest absolute Gasteiger partial charge is 0.423 e. The monoisotopic (exact) mass is 766 g/mol. The van der Waals surface area contributed by atoms with Gasteiger partial charge in [-0.25, -0.2) is 4.98 Å². The molecule has 6 aromatic carbocycles. The van der Waals surface area contributed by atoms with Crippen molar-refractivity contribution < 1.29 is 10.0 Å². The van der Waals surface area contributed by atoms with Crippen LogP contribution in [0.25, 0.3) is 56.4 Å². The molecular formula is C42H30BCl3N6O2. The van der Waals surface area contributed by atoms with E-state index < -0.39 is 7.12 Å². The molecule has 0 saturated carbocycles. The van der Waals surface area contributed by atoms with Crippen LogP contribution in [0.15, 0.2) is 170 Å². The lowest BCUT2D eigenvalue weighted by Gasteiger charge is -2.07. The third-order valence-corrected chi connectivity index (χ3v) is 8.28. The Morgan fingerprint density at radius 1 is 0.315 bits per heavy atom. The highest BCUT2D eigenvalue weighted by molar-refractivity contribution is 6.58. The van der Waals surface area contributed by atoms with Gasteiger partial charge in [-0.1, -0.05) is 164 Å². The summed E-state index contributed by atoms with van der Waals surface area (Å²) < 4.78 is 0. The molecule has 8 rings (SSSR count). The summed E-state index contributed by atoms with van der Waals surface area (Å²) in [4.78, 5) is 24.8. The quantitative estimate of drug-likeness (QED) is 0.161. The Hall–Kier alpha value is -5.81. The maximum Gasteiger partial charge on any atom is 0.488 e. The van der Waals surface area contributed by atoms with Crippen molar-refractivity contribution in [2.75, 3.05) is 0 Å². The summed E-state index contributed by atoms with van der Waals surface area (Å²) in [5, 5.41) is 18.5. The fourth-order valence-corrected chi connectivity index (χ4v) is 5.74. The highest BCUT2D eigenvalue weighted by Crippen LogP contribution is 2.26. The molecule has 0 saturated heterocycles. The van der Waals surface area contributed by atoms with Gasteiger partial charge in [0.25, 0.3) is 0 Å². The molecule has 2 heterocycles. The molecule has 0 spiro atoms. The Labute approximate surface area is 328 Å². The van der Waals surface area contributed by atoms with Gasteiger partial charge in [0.2, 0.25) is 15.9 Å². The van der Waals surface area contributed by atoms with E-state index in [0.29, 0.717) is 22.9 Å². The molecule has 0 atom stereocenters. The minimum Gasteiger partial charge on any atom is -0.423 e. The Morgan fingerprint density at radius 3 is 1.11 bits per heavy atom. The molecule has 8 aromatic rings. The van der Waals surface area contributed by atoms with Crippen LogP contribution in [0.1, 0.15) is 0 Å². The van der Waals surface area contributed by atoms with Crippen molar-refractivity contribution in [1.82, 2.24) is 29.9 Å². The highest BCUT2D eigenvalue weighted by atomic mass is 35.5. The van der Waals surface area contributed by atoms with Crippen LogP contribution in [0.2, 0.25) is 15.9 Å². The van der Waals surface area contributed by atoms with E-state index in [9.17, 15) is 0 Å². The molecule has 0 bridgehead atoms. The maximum absolute atomic E-state index is 9.05. The van der Waals surface area contributed by atoms with Crippen LogP contribution in [0.5, 0.6) is 0 Å². The van der Waals surface area contributed by atoms with Gasteiger partial charge in [0.1, 0.15) is 0 Å². The fourth-order valence-electron chi connectivity index (χ4n) is 5.22. The number of benzene rings is 6. The number of halogens is 3. The SMILES string of the molecule is Clc1nc(-c2ccccc2)nc(-c2cccc(-c3ccccc3)c2)n1.Clc1nc(Cl)nc(-c2ccccc2)n1.OB(O)c1cccc(-c2ccccc2)c1. The molecule has 12 heteroatoms. The zero-order valence-corrected chi connectivity index (χ0v) is 30.7. The van der Waals surface area contributed by atoms with Crippen molar-refractivity contribution in [2.45, 2.75) is 0 Å². The first-order valence-corrected chi connectivity index (χ1v) is 17.7. The lowest BCUT2D eigenvalue weighted by Crippen LogP contribution is -2.29. The second-order valence-corrected chi connectivity index (χ2v) is 12.5. The molecule has 0 radical (unpaired) electrons. The van der Waals surface area contributed by atoms with Crippen LogP contribution in [-0.2, 0) is 0 Å². The van der Waals surface area contributed by atoms with Crippen molar-refractivity contribution in [3.63, 3.8) is 0 Å². The Kier molecular flexibility index (Phi) is 13.2. The van der Waals surface area contributed by atoms with E-state index in [1.54, 1.807) is 12.1 Å². The van der Waals surface area contributed by atoms with Gasteiger partial charge < -0.3 is 10.0 Å². The van der Waals surface area contributed by atoms with Gasteiger partial charge in [-0.2, -0.15) is 24.9 Å². The average Bonchev–Trinajstić information content (AvgIpc) is 3.22. The van der Waals surface area contributed by atoms with Gasteiger partial charge >= 0.3 is 7.12 Å². The van der Waals surface area contributed by atoms with Crippen molar-refractivity contribution in [1.29, 1.82) is 0 Å². The minimum atomic E-state index is -1.41. The first-order chi connectivity index (χ1) is 26.3. The van der Waals surface area contributed by atoms with E-state index in [4.69, 9.17) is 44.9 Å². The second kappa shape index (κ2) is 18.8. The number of aromatic nitrogens is 6. The summed E-state index contributed by atoms with van der Waals surface area (Å²) in [6.45, 7) is 0. The van der Waals surface area contributed by atoms with Crippen molar-refractivity contribution in [3.05, 3.63) is 186 Å². The summed E-state index contributed by atoms with van der Waals surface area (Å²) in [7, 11) is -1.41. The Morgan fingerprint density at radius 2 is 0.648 bits per heavy atom. The first-order valence-electron chi connectivity index (χ1n) is 16.6. The summed E-state index contributed by atoms with van der Waals surface area (Å²) in [6.07, 6.45) is 0. The lowest BCUT2D eigenvalue weighted by molar-refractivity contribution is 0.426. The van der Waals surface area contributed by atoms with E-state index in [1.165, 1.54) is 0 Å². The molecule has 264 valence electrons. The van der Waals surface area contributed by atoms with Crippen molar-refractivity contribution >= 4 is 47.4 Å². The largest absolute Gasteiger partial charge is 0.488 e. The molecule has 0 aliphatic carbocycles. The summed E-state index contributed by atoms with van der Waals surface area (Å²) >= 11 is 17.5. The van der Waals surface area contributed by atoms with Gasteiger partial charge in [-0.3, -0.25) is 0 Å². The van der Waals surface area contributed by atoms with Crippen LogP contribution in [0, 0.1) is 0 Å². The van der Waals surface area contributed by atoms with Gasteiger partial charge in [0, 0.05) is 16.7 Å². The van der Waals surface area contributed by atoms with Crippen LogP contribution < -0.4 is 5.46 Å². The minimum absolute atomic E-state index is 0.101. The molecule has 54 heavy (non-hydrogen) atoms. The fraction of sp³-hybridized carbons (Fsp3) is 0. The summed E-state index contributed by atoms with van der Waals surface area (Å²) in [5.41, 5.74) is 7.50. The first kappa shape index (κ1) is 37.9. The second-order valence-electron chi connectivity index (χ2n) is 11.5.